The lowest BCUT2D eigenvalue weighted by Crippen LogP contribution is -2.23. The molecule has 1 aromatic carbocycles. The lowest BCUT2D eigenvalue weighted by molar-refractivity contribution is 0.0950. The van der Waals surface area contributed by atoms with E-state index in [-0.39, 0.29) is 18.0 Å². The Morgan fingerprint density at radius 3 is 2.85 bits per heavy atom. The van der Waals surface area contributed by atoms with Crippen molar-refractivity contribution in [1.82, 2.24) is 10.3 Å². The number of carbonyl (C=O) groups is 1. The average Bonchev–Trinajstić information content (AvgIpc) is 2.45. The van der Waals surface area contributed by atoms with Crippen molar-refractivity contribution >= 4 is 21.8 Å². The van der Waals surface area contributed by atoms with Gasteiger partial charge in [0.15, 0.2) is 0 Å². The van der Waals surface area contributed by atoms with Crippen LogP contribution in [0.15, 0.2) is 41.1 Å². The van der Waals surface area contributed by atoms with Crippen LogP contribution < -0.4 is 5.32 Å². The SMILES string of the molecule is N#Cc1ccc(CNC(=O)c2cncc(Br)c2)c(F)c1. The Balaban J connectivity index is 2.06. The zero-order valence-electron chi connectivity index (χ0n) is 10.2. The highest BCUT2D eigenvalue weighted by molar-refractivity contribution is 9.10. The zero-order chi connectivity index (χ0) is 14.5. The standard InChI is InChI=1S/C14H9BrFN3O/c15-12-4-11(6-18-8-12)14(20)19-7-10-2-1-9(5-17)3-13(10)16/h1-4,6,8H,7H2,(H,19,20). The summed E-state index contributed by atoms with van der Waals surface area (Å²) < 4.78 is 14.3. The summed E-state index contributed by atoms with van der Waals surface area (Å²) in [6, 6.07) is 7.60. The van der Waals surface area contributed by atoms with Crippen LogP contribution in [0.25, 0.3) is 0 Å². The summed E-state index contributed by atoms with van der Waals surface area (Å²) in [4.78, 5) is 15.7. The highest BCUT2D eigenvalue weighted by Gasteiger charge is 2.08. The number of amides is 1. The first-order chi connectivity index (χ1) is 9.60. The van der Waals surface area contributed by atoms with E-state index in [2.05, 4.69) is 26.2 Å². The molecule has 4 nitrogen and oxygen atoms in total. The number of pyridine rings is 1. The number of aromatic nitrogens is 1. The summed E-state index contributed by atoms with van der Waals surface area (Å²) in [6.07, 6.45) is 2.99. The molecule has 1 amide bonds. The summed E-state index contributed by atoms with van der Waals surface area (Å²) in [6.45, 7) is 0.0445. The number of hydrogen-bond donors (Lipinski definition) is 1. The summed E-state index contributed by atoms with van der Waals surface area (Å²) in [5.41, 5.74) is 0.947. The number of hydrogen-bond acceptors (Lipinski definition) is 3. The number of nitrogens with one attached hydrogen (secondary N) is 1. The van der Waals surface area contributed by atoms with E-state index in [1.54, 1.807) is 12.3 Å². The first-order valence-electron chi connectivity index (χ1n) is 5.67. The second-order valence-corrected chi connectivity index (χ2v) is 4.91. The zero-order valence-corrected chi connectivity index (χ0v) is 11.8. The molecule has 0 spiro atoms. The highest BCUT2D eigenvalue weighted by Crippen LogP contribution is 2.11. The van der Waals surface area contributed by atoms with Crippen molar-refractivity contribution in [3.63, 3.8) is 0 Å². The van der Waals surface area contributed by atoms with Crippen LogP contribution in [0.3, 0.4) is 0 Å². The van der Waals surface area contributed by atoms with Gasteiger partial charge in [-0.2, -0.15) is 5.26 Å². The minimum Gasteiger partial charge on any atom is -0.348 e. The lowest BCUT2D eigenvalue weighted by Gasteiger charge is -2.06. The van der Waals surface area contributed by atoms with Gasteiger partial charge in [0.05, 0.1) is 17.2 Å². The van der Waals surface area contributed by atoms with Gasteiger partial charge < -0.3 is 5.32 Å². The van der Waals surface area contributed by atoms with Gasteiger partial charge in [0.2, 0.25) is 0 Å². The maximum Gasteiger partial charge on any atom is 0.253 e. The number of rotatable bonds is 3. The third-order valence-corrected chi connectivity index (χ3v) is 3.02. The van der Waals surface area contributed by atoms with Crippen molar-refractivity contribution < 1.29 is 9.18 Å². The molecule has 1 N–H and O–H groups in total. The van der Waals surface area contributed by atoms with Crippen molar-refractivity contribution in [3.05, 3.63) is 63.6 Å². The molecule has 1 aromatic heterocycles. The minimum absolute atomic E-state index is 0.0445. The summed E-state index contributed by atoms with van der Waals surface area (Å²) in [5, 5.41) is 11.2. The van der Waals surface area contributed by atoms with E-state index in [0.717, 1.165) is 6.07 Å². The maximum atomic E-state index is 13.6. The Hall–Kier alpha value is -2.26. The third kappa shape index (κ3) is 3.39. The number of carbonyl (C=O) groups excluding carboxylic acids is 1. The molecule has 0 aliphatic carbocycles. The van der Waals surface area contributed by atoms with E-state index in [9.17, 15) is 9.18 Å². The third-order valence-electron chi connectivity index (χ3n) is 2.59. The Kier molecular flexibility index (Phi) is 4.43. The molecule has 2 aromatic rings. The molecule has 6 heteroatoms. The van der Waals surface area contributed by atoms with E-state index in [0.29, 0.717) is 15.6 Å². The molecule has 0 aliphatic heterocycles. The van der Waals surface area contributed by atoms with Gasteiger partial charge >= 0.3 is 0 Å². The molecule has 1 heterocycles. The van der Waals surface area contributed by atoms with Gasteiger partial charge in [-0.1, -0.05) is 6.07 Å². The predicted molar refractivity (Wildman–Crippen MR) is 74.2 cm³/mol. The maximum absolute atomic E-state index is 13.6. The van der Waals surface area contributed by atoms with Crippen LogP contribution >= 0.6 is 15.9 Å². The largest absolute Gasteiger partial charge is 0.348 e. The minimum atomic E-state index is -0.517. The van der Waals surface area contributed by atoms with Crippen LogP contribution in [0.1, 0.15) is 21.5 Å². The molecule has 20 heavy (non-hydrogen) atoms. The van der Waals surface area contributed by atoms with Gasteiger partial charge in [-0.15, -0.1) is 0 Å². The van der Waals surface area contributed by atoms with Gasteiger partial charge in [0.25, 0.3) is 5.91 Å². The van der Waals surface area contributed by atoms with Crippen LogP contribution in [0.4, 0.5) is 4.39 Å². The summed E-state index contributed by atoms with van der Waals surface area (Å²) in [5.74, 6) is -0.862. The molecule has 2 rings (SSSR count). The molecular formula is C14H9BrFN3O. The monoisotopic (exact) mass is 333 g/mol. The van der Waals surface area contributed by atoms with Crippen molar-refractivity contribution in [1.29, 1.82) is 5.26 Å². The van der Waals surface area contributed by atoms with Crippen molar-refractivity contribution in [2.45, 2.75) is 6.54 Å². The van der Waals surface area contributed by atoms with E-state index >= 15 is 0 Å². The molecule has 0 aliphatic rings. The Morgan fingerprint density at radius 2 is 2.20 bits per heavy atom. The smallest absolute Gasteiger partial charge is 0.253 e. The Morgan fingerprint density at radius 1 is 1.40 bits per heavy atom. The molecular weight excluding hydrogens is 325 g/mol. The number of benzene rings is 1. The molecule has 0 saturated carbocycles. The van der Waals surface area contributed by atoms with Gasteiger partial charge in [-0.3, -0.25) is 9.78 Å². The Bertz CT molecular complexity index is 697. The van der Waals surface area contributed by atoms with E-state index in [1.807, 2.05) is 6.07 Å². The lowest BCUT2D eigenvalue weighted by atomic mass is 10.1. The molecule has 0 bridgehead atoms. The van der Waals surface area contributed by atoms with Crippen molar-refractivity contribution in [2.75, 3.05) is 0 Å². The molecule has 0 saturated heterocycles. The van der Waals surface area contributed by atoms with Gasteiger partial charge in [0, 0.05) is 29.0 Å². The summed E-state index contributed by atoms with van der Waals surface area (Å²) >= 11 is 3.22. The number of nitrogens with zero attached hydrogens (tertiary/aromatic N) is 2. The normalized spacial score (nSPS) is 9.85. The van der Waals surface area contributed by atoms with Crippen LogP contribution in [0, 0.1) is 17.1 Å². The average molecular weight is 334 g/mol. The first-order valence-corrected chi connectivity index (χ1v) is 6.46. The topological polar surface area (TPSA) is 65.8 Å². The fourth-order valence-electron chi connectivity index (χ4n) is 1.57. The number of nitriles is 1. The quantitative estimate of drug-likeness (QED) is 0.939. The fourth-order valence-corrected chi connectivity index (χ4v) is 1.94. The van der Waals surface area contributed by atoms with Crippen LogP contribution in [0.2, 0.25) is 0 Å². The second-order valence-electron chi connectivity index (χ2n) is 3.99. The van der Waals surface area contributed by atoms with Crippen LogP contribution in [0.5, 0.6) is 0 Å². The van der Waals surface area contributed by atoms with Crippen molar-refractivity contribution in [2.24, 2.45) is 0 Å². The molecule has 0 unspecified atom stereocenters. The van der Waals surface area contributed by atoms with E-state index < -0.39 is 5.82 Å². The predicted octanol–water partition coefficient (Wildman–Crippen LogP) is 2.78. The first kappa shape index (κ1) is 14.2. The Labute approximate surface area is 123 Å². The summed E-state index contributed by atoms with van der Waals surface area (Å²) in [7, 11) is 0. The van der Waals surface area contributed by atoms with Gasteiger partial charge in [-0.05, 0) is 34.1 Å². The molecule has 0 atom stereocenters. The van der Waals surface area contributed by atoms with Crippen LogP contribution in [-0.2, 0) is 6.54 Å². The van der Waals surface area contributed by atoms with Gasteiger partial charge in [0.1, 0.15) is 5.82 Å². The van der Waals surface area contributed by atoms with Gasteiger partial charge in [-0.25, -0.2) is 4.39 Å². The number of halogens is 2. The highest BCUT2D eigenvalue weighted by atomic mass is 79.9. The molecule has 0 fully saturated rings. The molecule has 0 radical (unpaired) electrons. The van der Waals surface area contributed by atoms with Crippen LogP contribution in [-0.4, -0.2) is 10.9 Å². The molecule has 100 valence electrons. The van der Waals surface area contributed by atoms with E-state index in [1.165, 1.54) is 18.3 Å². The fraction of sp³-hybridized carbons (Fsp3) is 0.0714. The van der Waals surface area contributed by atoms with E-state index in [4.69, 9.17) is 5.26 Å². The second kappa shape index (κ2) is 6.26. The van der Waals surface area contributed by atoms with Crippen molar-refractivity contribution in [3.8, 4) is 6.07 Å².